The smallest absolute Gasteiger partial charge is 0.213 e. The molecule has 2 atom stereocenters. The molecule has 2 aromatic rings. The fourth-order valence-electron chi connectivity index (χ4n) is 2.85. The Morgan fingerprint density at radius 2 is 1.78 bits per heavy atom. The molecule has 0 spiro atoms. The van der Waals surface area contributed by atoms with E-state index in [1.807, 2.05) is 36.4 Å². The molecule has 0 N–H and O–H groups in total. The van der Waals surface area contributed by atoms with Crippen LogP contribution in [0.1, 0.15) is 32.3 Å². The standard InChI is InChI=1S/C18H22NO3P/c1-18(2,3)23-16-13(20-4)9-7-10-14(16)22-17(23)12-8-6-11-15(19-12)21-5/h6-11,17H,1-5H3/t17-,23-/m1/s1. The summed E-state index contributed by atoms with van der Waals surface area (Å²) < 4.78 is 17.2. The van der Waals surface area contributed by atoms with Gasteiger partial charge in [-0.15, -0.1) is 0 Å². The largest absolute Gasteiger partial charge is 0.496 e. The van der Waals surface area contributed by atoms with Crippen LogP contribution in [0.3, 0.4) is 0 Å². The van der Waals surface area contributed by atoms with Gasteiger partial charge in [0.2, 0.25) is 5.88 Å². The molecule has 0 bridgehead atoms. The monoisotopic (exact) mass is 331 g/mol. The topological polar surface area (TPSA) is 40.6 Å². The van der Waals surface area contributed by atoms with Gasteiger partial charge in [0.15, 0.2) is 5.85 Å². The van der Waals surface area contributed by atoms with Crippen LogP contribution in [0.4, 0.5) is 0 Å². The van der Waals surface area contributed by atoms with E-state index in [9.17, 15) is 0 Å². The van der Waals surface area contributed by atoms with Crippen molar-refractivity contribution in [1.82, 2.24) is 4.98 Å². The number of ether oxygens (including phenoxy) is 3. The van der Waals surface area contributed by atoms with Gasteiger partial charge in [0, 0.05) is 6.07 Å². The second-order valence-corrected chi connectivity index (χ2v) is 9.42. The van der Waals surface area contributed by atoms with Gasteiger partial charge in [-0.05, 0) is 31.3 Å². The van der Waals surface area contributed by atoms with Gasteiger partial charge in [-0.25, -0.2) is 4.98 Å². The number of fused-ring (bicyclic) bond motifs is 1. The lowest BCUT2D eigenvalue weighted by molar-refractivity contribution is 0.291. The van der Waals surface area contributed by atoms with E-state index in [0.717, 1.165) is 17.2 Å². The van der Waals surface area contributed by atoms with E-state index in [1.54, 1.807) is 14.2 Å². The van der Waals surface area contributed by atoms with E-state index in [-0.39, 0.29) is 11.0 Å². The molecule has 0 radical (unpaired) electrons. The van der Waals surface area contributed by atoms with E-state index in [1.165, 1.54) is 5.30 Å². The summed E-state index contributed by atoms with van der Waals surface area (Å²) in [5.41, 5.74) is 0.906. The molecular weight excluding hydrogens is 309 g/mol. The van der Waals surface area contributed by atoms with Crippen molar-refractivity contribution in [2.45, 2.75) is 31.8 Å². The molecule has 0 fully saturated rings. The van der Waals surface area contributed by atoms with Crippen LogP contribution in [0.25, 0.3) is 0 Å². The third-order valence-electron chi connectivity index (χ3n) is 3.83. The number of rotatable bonds is 3. The Balaban J connectivity index is 2.12. The summed E-state index contributed by atoms with van der Waals surface area (Å²) in [5, 5.41) is 1.25. The zero-order valence-electron chi connectivity index (χ0n) is 14.2. The van der Waals surface area contributed by atoms with E-state index in [0.29, 0.717) is 5.88 Å². The SMILES string of the molecule is COc1cccc([C@@H]2Oc3cccc(OC)c3[P@@]2C(C)(C)C)n1. The lowest BCUT2D eigenvalue weighted by atomic mass is 10.3. The molecule has 23 heavy (non-hydrogen) atoms. The Morgan fingerprint density at radius 3 is 2.43 bits per heavy atom. The minimum Gasteiger partial charge on any atom is -0.496 e. The van der Waals surface area contributed by atoms with Crippen molar-refractivity contribution in [3.05, 3.63) is 42.1 Å². The van der Waals surface area contributed by atoms with E-state index >= 15 is 0 Å². The highest BCUT2D eigenvalue weighted by Crippen LogP contribution is 2.66. The fourth-order valence-corrected chi connectivity index (χ4v) is 5.86. The van der Waals surface area contributed by atoms with Gasteiger partial charge < -0.3 is 14.2 Å². The molecule has 0 saturated carbocycles. The third-order valence-corrected chi connectivity index (χ3v) is 7.03. The van der Waals surface area contributed by atoms with Crippen LogP contribution in [0.5, 0.6) is 17.4 Å². The summed E-state index contributed by atoms with van der Waals surface area (Å²) in [6.45, 7) is 6.74. The molecule has 1 aromatic carbocycles. The zero-order chi connectivity index (χ0) is 16.6. The van der Waals surface area contributed by atoms with Crippen LogP contribution in [0.15, 0.2) is 36.4 Å². The minimum absolute atomic E-state index is 0.0602. The molecule has 5 heteroatoms. The summed E-state index contributed by atoms with van der Waals surface area (Å²) in [6.07, 6.45) is 0. The fraction of sp³-hybridized carbons (Fsp3) is 0.389. The Labute approximate surface area is 138 Å². The third kappa shape index (κ3) is 2.88. The van der Waals surface area contributed by atoms with Crippen LogP contribution >= 0.6 is 7.92 Å². The maximum Gasteiger partial charge on any atom is 0.213 e. The molecule has 0 aliphatic carbocycles. The van der Waals surface area contributed by atoms with Gasteiger partial charge in [0.1, 0.15) is 11.5 Å². The van der Waals surface area contributed by atoms with Crippen molar-refractivity contribution < 1.29 is 14.2 Å². The molecule has 122 valence electrons. The van der Waals surface area contributed by atoms with Crippen LogP contribution in [-0.2, 0) is 0 Å². The van der Waals surface area contributed by atoms with E-state index < -0.39 is 7.92 Å². The molecule has 4 nitrogen and oxygen atoms in total. The molecular formula is C18H22NO3P. The highest BCUT2D eigenvalue weighted by Gasteiger charge is 2.45. The highest BCUT2D eigenvalue weighted by atomic mass is 31.1. The molecule has 1 aliphatic heterocycles. The second-order valence-electron chi connectivity index (χ2n) is 6.42. The summed E-state index contributed by atoms with van der Waals surface area (Å²) in [4.78, 5) is 4.60. The first-order valence-electron chi connectivity index (χ1n) is 7.59. The molecule has 3 rings (SSSR count). The van der Waals surface area contributed by atoms with Crippen LogP contribution in [-0.4, -0.2) is 24.4 Å². The Kier molecular flexibility index (Phi) is 4.20. The van der Waals surface area contributed by atoms with E-state index in [2.05, 4.69) is 25.8 Å². The summed E-state index contributed by atoms with van der Waals surface area (Å²) in [5.74, 6) is 2.32. The van der Waals surface area contributed by atoms with Gasteiger partial charge in [-0.1, -0.05) is 32.9 Å². The first-order valence-corrected chi connectivity index (χ1v) is 9.00. The number of pyridine rings is 1. The number of benzene rings is 1. The lowest BCUT2D eigenvalue weighted by Crippen LogP contribution is -2.21. The highest BCUT2D eigenvalue weighted by molar-refractivity contribution is 7.68. The normalized spacial score (nSPS) is 19.9. The van der Waals surface area contributed by atoms with Crippen molar-refractivity contribution in [3.63, 3.8) is 0 Å². The Bertz CT molecular complexity index is 712. The Morgan fingerprint density at radius 1 is 1.04 bits per heavy atom. The molecule has 2 heterocycles. The van der Waals surface area contributed by atoms with Crippen molar-refractivity contribution in [3.8, 4) is 17.4 Å². The van der Waals surface area contributed by atoms with Crippen molar-refractivity contribution in [2.24, 2.45) is 0 Å². The molecule has 0 saturated heterocycles. The maximum atomic E-state index is 6.30. The van der Waals surface area contributed by atoms with Gasteiger partial charge in [-0.2, -0.15) is 0 Å². The second kappa shape index (κ2) is 6.01. The van der Waals surface area contributed by atoms with Gasteiger partial charge in [0.25, 0.3) is 0 Å². The number of aromatic nitrogens is 1. The predicted molar refractivity (Wildman–Crippen MR) is 93.5 cm³/mol. The lowest BCUT2D eigenvalue weighted by Gasteiger charge is -2.31. The van der Waals surface area contributed by atoms with Gasteiger partial charge in [0.05, 0.1) is 25.2 Å². The minimum atomic E-state index is -0.651. The molecule has 1 aromatic heterocycles. The maximum absolute atomic E-state index is 6.30. The first kappa shape index (κ1) is 16.1. The van der Waals surface area contributed by atoms with Gasteiger partial charge in [-0.3, -0.25) is 0 Å². The average Bonchev–Trinajstić information content (AvgIpc) is 2.94. The molecule has 1 aliphatic rings. The number of nitrogens with zero attached hydrogens (tertiary/aromatic N) is 1. The van der Waals surface area contributed by atoms with Gasteiger partial charge >= 0.3 is 0 Å². The Hall–Kier alpha value is -1.80. The van der Waals surface area contributed by atoms with Crippen molar-refractivity contribution in [1.29, 1.82) is 0 Å². The number of methoxy groups -OCH3 is 2. The number of hydrogen-bond acceptors (Lipinski definition) is 4. The zero-order valence-corrected chi connectivity index (χ0v) is 15.1. The van der Waals surface area contributed by atoms with E-state index in [4.69, 9.17) is 14.2 Å². The van der Waals surface area contributed by atoms with Crippen molar-refractivity contribution >= 4 is 13.2 Å². The average molecular weight is 331 g/mol. The predicted octanol–water partition coefficient (Wildman–Crippen LogP) is 4.10. The summed E-state index contributed by atoms with van der Waals surface area (Å²) in [6, 6.07) is 11.8. The summed E-state index contributed by atoms with van der Waals surface area (Å²) >= 11 is 0. The quantitative estimate of drug-likeness (QED) is 0.794. The summed E-state index contributed by atoms with van der Waals surface area (Å²) in [7, 11) is 2.69. The van der Waals surface area contributed by atoms with Crippen LogP contribution < -0.4 is 19.5 Å². The number of hydrogen-bond donors (Lipinski definition) is 0. The first-order chi connectivity index (χ1) is 11.0. The van der Waals surface area contributed by atoms with Crippen molar-refractivity contribution in [2.75, 3.05) is 14.2 Å². The molecule has 0 unspecified atom stereocenters. The van der Waals surface area contributed by atoms with Crippen LogP contribution in [0, 0.1) is 0 Å². The van der Waals surface area contributed by atoms with Crippen LogP contribution in [0.2, 0.25) is 0 Å². The molecule has 0 amide bonds.